The smallest absolute Gasteiger partial charge is 0.164 e. The Balaban J connectivity index is 1.24. The molecular weight excluding hydrogens is 597 g/mol. The van der Waals surface area contributed by atoms with Crippen molar-refractivity contribution < 1.29 is 0 Å². The van der Waals surface area contributed by atoms with E-state index in [1.807, 2.05) is 72.8 Å². The average Bonchev–Trinajstić information content (AvgIpc) is 3.13. The molecule has 0 radical (unpaired) electrons. The van der Waals surface area contributed by atoms with Gasteiger partial charge in [0, 0.05) is 16.7 Å². The van der Waals surface area contributed by atoms with Gasteiger partial charge in [0.1, 0.15) is 0 Å². The minimum absolute atomic E-state index is 0.129. The van der Waals surface area contributed by atoms with Crippen molar-refractivity contribution in [3.8, 4) is 62.5 Å². The summed E-state index contributed by atoms with van der Waals surface area (Å²) in [5.41, 5.74) is 9.61. The number of nitrogens with zero attached hydrogens (tertiary/aromatic N) is 4. The zero-order chi connectivity index (χ0) is 33.4. The lowest BCUT2D eigenvalue weighted by Crippen LogP contribution is -2.38. The highest BCUT2D eigenvalue weighted by Crippen LogP contribution is 2.52. The SMILES string of the molecule is C[C@@H]1CC(C)(c2ccc(-c3cccc(-c4nc(-c5ccccc5)nc(-c5ccccc5)n4)c3)c(-c3ccc(C#N)cc3)c2)C[C@H]2C[C@@H](C1)C2. The van der Waals surface area contributed by atoms with E-state index in [-0.39, 0.29) is 5.41 Å². The molecule has 1 heterocycles. The van der Waals surface area contributed by atoms with Crippen molar-refractivity contribution in [3.05, 3.63) is 139 Å². The van der Waals surface area contributed by atoms with Crippen molar-refractivity contribution in [2.24, 2.45) is 17.8 Å². The molecule has 1 unspecified atom stereocenters. The van der Waals surface area contributed by atoms with Gasteiger partial charge in [-0.15, -0.1) is 0 Å². The lowest BCUT2D eigenvalue weighted by atomic mass is 9.58. The molecule has 6 aromatic rings. The molecule has 3 saturated carbocycles. The first-order chi connectivity index (χ1) is 23.9. The molecule has 4 nitrogen and oxygen atoms in total. The van der Waals surface area contributed by atoms with Crippen LogP contribution >= 0.6 is 0 Å². The molecule has 2 atom stereocenters. The number of nitriles is 1. The summed E-state index contributed by atoms with van der Waals surface area (Å²) >= 11 is 0. The lowest BCUT2D eigenvalue weighted by molar-refractivity contribution is 0.0834. The van der Waals surface area contributed by atoms with E-state index in [0.29, 0.717) is 29.0 Å². The molecule has 5 aromatic carbocycles. The largest absolute Gasteiger partial charge is 0.208 e. The summed E-state index contributed by atoms with van der Waals surface area (Å²) in [5, 5.41) is 9.54. The molecule has 0 amide bonds. The number of hydrogen-bond acceptors (Lipinski definition) is 4. The van der Waals surface area contributed by atoms with Gasteiger partial charge in [-0.1, -0.05) is 117 Å². The minimum Gasteiger partial charge on any atom is -0.208 e. The average molecular weight is 637 g/mol. The van der Waals surface area contributed by atoms with Crippen LogP contribution in [0.4, 0.5) is 0 Å². The van der Waals surface area contributed by atoms with E-state index in [0.717, 1.165) is 45.2 Å². The van der Waals surface area contributed by atoms with Crippen molar-refractivity contribution in [1.29, 1.82) is 5.26 Å². The molecule has 49 heavy (non-hydrogen) atoms. The molecule has 2 bridgehead atoms. The standard InChI is InChI=1S/C45H40N4/c1-30-22-32-23-33(24-32)28-45(2,27-30)39-20-21-40(41(26-39)34-18-16-31(29-46)17-19-34)37-14-9-15-38(25-37)44-48-42(35-10-5-3-6-11-35)47-43(49-44)36-12-7-4-8-13-36/h3-21,25-26,30,32-33H,22-24,27-28H2,1-2H3/t30-,32-,33+,45?/m0/s1. The lowest BCUT2D eigenvalue weighted by Gasteiger charge is -2.47. The second kappa shape index (κ2) is 12.9. The van der Waals surface area contributed by atoms with E-state index < -0.39 is 0 Å². The molecule has 1 aromatic heterocycles. The molecule has 0 N–H and O–H groups in total. The van der Waals surface area contributed by atoms with E-state index >= 15 is 0 Å². The first-order valence-corrected chi connectivity index (χ1v) is 17.6. The maximum absolute atomic E-state index is 9.54. The Hall–Kier alpha value is -5.40. The quantitative estimate of drug-likeness (QED) is 0.182. The predicted molar refractivity (Wildman–Crippen MR) is 198 cm³/mol. The van der Waals surface area contributed by atoms with Crippen LogP contribution in [0.2, 0.25) is 0 Å². The molecule has 240 valence electrons. The molecule has 0 aliphatic heterocycles. The number of benzene rings is 5. The molecule has 9 rings (SSSR count). The zero-order valence-corrected chi connectivity index (χ0v) is 28.2. The Morgan fingerprint density at radius 1 is 0.551 bits per heavy atom. The van der Waals surface area contributed by atoms with Crippen LogP contribution in [0, 0.1) is 29.1 Å². The van der Waals surface area contributed by atoms with Crippen molar-refractivity contribution >= 4 is 0 Å². The fourth-order valence-corrected chi connectivity index (χ4v) is 8.51. The predicted octanol–water partition coefficient (Wildman–Crippen LogP) is 11.2. The monoisotopic (exact) mass is 636 g/mol. The zero-order valence-electron chi connectivity index (χ0n) is 28.2. The summed E-state index contributed by atoms with van der Waals surface area (Å²) in [6.07, 6.45) is 6.61. The van der Waals surface area contributed by atoms with Crippen molar-refractivity contribution in [3.63, 3.8) is 0 Å². The second-order valence-corrected chi connectivity index (χ2v) is 14.6. The Morgan fingerprint density at radius 2 is 1.14 bits per heavy atom. The highest BCUT2D eigenvalue weighted by atomic mass is 15.0. The van der Waals surface area contributed by atoms with Gasteiger partial charge in [0.2, 0.25) is 0 Å². The fraction of sp³-hybridized carbons (Fsp3) is 0.244. The van der Waals surface area contributed by atoms with Gasteiger partial charge in [-0.2, -0.15) is 5.26 Å². The molecule has 3 aliphatic rings. The van der Waals surface area contributed by atoms with Crippen LogP contribution in [-0.2, 0) is 5.41 Å². The van der Waals surface area contributed by atoms with E-state index in [9.17, 15) is 5.26 Å². The second-order valence-electron chi connectivity index (χ2n) is 14.6. The molecule has 4 heteroatoms. The van der Waals surface area contributed by atoms with Crippen molar-refractivity contribution in [2.45, 2.75) is 51.4 Å². The summed E-state index contributed by atoms with van der Waals surface area (Å²) < 4.78 is 0. The number of hydrogen-bond donors (Lipinski definition) is 0. The van der Waals surface area contributed by atoms with Crippen LogP contribution in [0.3, 0.4) is 0 Å². The Bertz CT molecular complexity index is 2080. The van der Waals surface area contributed by atoms with Crippen LogP contribution in [0.1, 0.15) is 57.1 Å². The summed E-state index contributed by atoms with van der Waals surface area (Å²) in [6, 6.07) is 46.2. The van der Waals surface area contributed by atoms with Crippen LogP contribution in [0.15, 0.2) is 127 Å². The topological polar surface area (TPSA) is 62.5 Å². The van der Waals surface area contributed by atoms with Gasteiger partial charge in [0.05, 0.1) is 11.6 Å². The maximum Gasteiger partial charge on any atom is 0.164 e. The highest BCUT2D eigenvalue weighted by Gasteiger charge is 2.41. The van der Waals surface area contributed by atoms with Gasteiger partial charge < -0.3 is 0 Å². The van der Waals surface area contributed by atoms with Gasteiger partial charge in [-0.25, -0.2) is 15.0 Å². The molecule has 3 fully saturated rings. The normalized spacial score (nSPS) is 21.5. The van der Waals surface area contributed by atoms with Gasteiger partial charge in [0.15, 0.2) is 17.5 Å². The van der Waals surface area contributed by atoms with Gasteiger partial charge in [-0.3, -0.25) is 0 Å². The number of rotatable bonds is 6. The first-order valence-electron chi connectivity index (χ1n) is 17.6. The third-order valence-electron chi connectivity index (χ3n) is 10.8. The van der Waals surface area contributed by atoms with Crippen molar-refractivity contribution in [1.82, 2.24) is 15.0 Å². The Kier molecular flexibility index (Phi) is 8.14. The fourth-order valence-electron chi connectivity index (χ4n) is 8.51. The van der Waals surface area contributed by atoms with E-state index in [1.54, 1.807) is 0 Å². The van der Waals surface area contributed by atoms with Crippen LogP contribution in [-0.4, -0.2) is 15.0 Å². The summed E-state index contributed by atoms with van der Waals surface area (Å²) in [4.78, 5) is 14.9. The first kappa shape index (κ1) is 30.9. The van der Waals surface area contributed by atoms with E-state index in [2.05, 4.69) is 74.5 Å². The van der Waals surface area contributed by atoms with Gasteiger partial charge in [-0.05, 0) is 107 Å². The number of aromatic nitrogens is 3. The highest BCUT2D eigenvalue weighted by molar-refractivity contribution is 5.86. The van der Waals surface area contributed by atoms with Crippen LogP contribution in [0.5, 0.6) is 0 Å². The Labute approximate surface area is 289 Å². The summed E-state index contributed by atoms with van der Waals surface area (Å²) in [6.45, 7) is 4.95. The van der Waals surface area contributed by atoms with Crippen LogP contribution in [0.25, 0.3) is 56.4 Å². The minimum atomic E-state index is 0.129. The molecule has 3 aliphatic carbocycles. The molecule has 0 saturated heterocycles. The Morgan fingerprint density at radius 3 is 1.78 bits per heavy atom. The maximum atomic E-state index is 9.54. The summed E-state index contributed by atoms with van der Waals surface area (Å²) in [5.74, 6) is 4.42. The van der Waals surface area contributed by atoms with Gasteiger partial charge in [0.25, 0.3) is 0 Å². The van der Waals surface area contributed by atoms with E-state index in [1.165, 1.54) is 43.2 Å². The molecular formula is C45H40N4. The van der Waals surface area contributed by atoms with Crippen LogP contribution < -0.4 is 0 Å². The third kappa shape index (κ3) is 6.30. The number of fused-ring (bicyclic) bond motifs is 4. The van der Waals surface area contributed by atoms with Gasteiger partial charge >= 0.3 is 0 Å². The summed E-state index contributed by atoms with van der Waals surface area (Å²) in [7, 11) is 0. The third-order valence-corrected chi connectivity index (χ3v) is 10.8. The molecule has 0 spiro atoms. The van der Waals surface area contributed by atoms with E-state index in [4.69, 9.17) is 15.0 Å². The van der Waals surface area contributed by atoms with Crippen molar-refractivity contribution in [2.75, 3.05) is 0 Å².